The van der Waals surface area contributed by atoms with E-state index in [0.29, 0.717) is 9.12 Å². The van der Waals surface area contributed by atoms with Crippen LogP contribution in [-0.2, 0) is 6.42 Å². The summed E-state index contributed by atoms with van der Waals surface area (Å²) in [5.74, 6) is 2.11. The highest BCUT2D eigenvalue weighted by molar-refractivity contribution is 6.32. The number of hydrogen-bond donors (Lipinski definition) is 0. The van der Waals surface area contributed by atoms with Crippen LogP contribution >= 0.6 is 0 Å². The van der Waals surface area contributed by atoms with E-state index in [1.165, 1.54) is 10.7 Å². The summed E-state index contributed by atoms with van der Waals surface area (Å²) in [5.41, 5.74) is 3.58. The minimum atomic E-state index is 0.302. The first-order valence-corrected chi connectivity index (χ1v) is 6.01. The Morgan fingerprint density at radius 1 is 1.00 bits per heavy atom. The summed E-state index contributed by atoms with van der Waals surface area (Å²) < 4.78 is 5.83. The van der Waals surface area contributed by atoms with Crippen molar-refractivity contribution in [3.8, 4) is 11.5 Å². The SMILES string of the molecule is c1ccc2c(c1)Cc1[siH]cccc1O2. The third kappa shape index (κ3) is 1.19. The summed E-state index contributed by atoms with van der Waals surface area (Å²) in [4.78, 5) is 0. The first-order chi connectivity index (χ1) is 6.93. The maximum atomic E-state index is 5.83. The van der Waals surface area contributed by atoms with E-state index in [9.17, 15) is 0 Å². The van der Waals surface area contributed by atoms with Gasteiger partial charge in [-0.25, -0.2) is 0 Å². The lowest BCUT2D eigenvalue weighted by molar-refractivity contribution is 0.462. The third-order valence-electron chi connectivity index (χ3n) is 2.55. The fourth-order valence-electron chi connectivity index (χ4n) is 1.82. The van der Waals surface area contributed by atoms with E-state index < -0.39 is 0 Å². The van der Waals surface area contributed by atoms with Gasteiger partial charge in [-0.05, 0) is 22.9 Å². The van der Waals surface area contributed by atoms with Crippen molar-refractivity contribution < 1.29 is 4.74 Å². The van der Waals surface area contributed by atoms with Gasteiger partial charge in [0.15, 0.2) is 0 Å². The number of hydrogen-bond acceptors (Lipinski definition) is 1. The predicted molar refractivity (Wildman–Crippen MR) is 58.5 cm³/mol. The molecule has 1 aliphatic heterocycles. The Hall–Kier alpha value is -1.41. The first-order valence-electron chi connectivity index (χ1n) is 4.77. The van der Waals surface area contributed by atoms with Crippen LogP contribution in [0.2, 0.25) is 0 Å². The summed E-state index contributed by atoms with van der Waals surface area (Å²) in [7, 11) is 0.302. The molecule has 0 saturated carbocycles. The molecule has 0 aliphatic carbocycles. The van der Waals surface area contributed by atoms with Crippen molar-refractivity contribution in [2.24, 2.45) is 0 Å². The molecule has 1 aromatic carbocycles. The minimum absolute atomic E-state index is 0.302. The van der Waals surface area contributed by atoms with Gasteiger partial charge in [-0.2, -0.15) is 0 Å². The van der Waals surface area contributed by atoms with Crippen LogP contribution in [0, 0.1) is 0 Å². The van der Waals surface area contributed by atoms with Gasteiger partial charge >= 0.3 is 0 Å². The molecule has 0 spiro atoms. The second kappa shape index (κ2) is 3.06. The fourth-order valence-corrected chi connectivity index (χ4v) is 2.93. The molecule has 0 fully saturated rings. The second-order valence-corrected chi connectivity index (χ2v) is 4.91. The number of fused-ring (bicyclic) bond motifs is 2. The van der Waals surface area contributed by atoms with E-state index in [1.807, 2.05) is 12.1 Å². The molecule has 2 aromatic rings. The van der Waals surface area contributed by atoms with Crippen LogP contribution in [0.4, 0.5) is 0 Å². The summed E-state index contributed by atoms with van der Waals surface area (Å²) in [6.45, 7) is 0. The predicted octanol–water partition coefficient (Wildman–Crippen LogP) is 2.45. The Labute approximate surface area is 85.1 Å². The molecular formula is C12H10OSi. The van der Waals surface area contributed by atoms with Crippen molar-refractivity contribution in [2.45, 2.75) is 6.42 Å². The van der Waals surface area contributed by atoms with Gasteiger partial charge in [0.1, 0.15) is 11.5 Å². The van der Waals surface area contributed by atoms with E-state index in [1.54, 1.807) is 0 Å². The summed E-state index contributed by atoms with van der Waals surface area (Å²) in [5, 5.41) is 1.48. The van der Waals surface area contributed by atoms with E-state index in [4.69, 9.17) is 4.74 Å². The Morgan fingerprint density at radius 3 is 2.86 bits per heavy atom. The highest BCUT2D eigenvalue weighted by atomic mass is 28.2. The lowest BCUT2D eigenvalue weighted by Crippen LogP contribution is -2.04. The monoisotopic (exact) mass is 198 g/mol. The Kier molecular flexibility index (Phi) is 1.74. The summed E-state index contributed by atoms with van der Waals surface area (Å²) in [6.07, 6.45) is 1.07. The normalized spacial score (nSPS) is 12.6. The molecule has 2 heterocycles. The molecule has 1 aliphatic rings. The van der Waals surface area contributed by atoms with Crippen LogP contribution in [0.3, 0.4) is 0 Å². The van der Waals surface area contributed by atoms with E-state index in [2.05, 4.69) is 29.9 Å². The zero-order valence-corrected chi connectivity index (χ0v) is 8.89. The minimum Gasteiger partial charge on any atom is -0.457 e. The van der Waals surface area contributed by atoms with Crippen molar-refractivity contribution in [1.82, 2.24) is 0 Å². The number of rotatable bonds is 0. The van der Waals surface area contributed by atoms with Crippen molar-refractivity contribution in [3.05, 3.63) is 52.8 Å². The fraction of sp³-hybridized carbons (Fsp3) is 0.0833. The van der Waals surface area contributed by atoms with E-state index >= 15 is 0 Å². The van der Waals surface area contributed by atoms with Gasteiger partial charge in [-0.3, -0.25) is 0 Å². The molecule has 3 rings (SSSR count). The van der Waals surface area contributed by atoms with Crippen molar-refractivity contribution >= 4 is 9.12 Å². The standard InChI is InChI=1S/C12H10OSi/c1-2-5-10-9(4-1)8-12-11(13-10)6-3-7-14-12/h1-7,14H,8H2. The molecule has 1 nitrogen and oxygen atoms in total. The van der Waals surface area contributed by atoms with E-state index in [-0.39, 0.29) is 0 Å². The van der Waals surface area contributed by atoms with E-state index in [0.717, 1.165) is 17.9 Å². The molecule has 0 bridgehead atoms. The van der Waals surface area contributed by atoms with Gasteiger partial charge in [0.2, 0.25) is 0 Å². The molecule has 0 saturated heterocycles. The Balaban J connectivity index is 2.12. The molecule has 0 atom stereocenters. The number of ether oxygens (including phenoxy) is 1. The maximum absolute atomic E-state index is 5.83. The van der Waals surface area contributed by atoms with Gasteiger partial charge in [0, 0.05) is 15.5 Å². The van der Waals surface area contributed by atoms with Gasteiger partial charge in [0.05, 0.1) is 0 Å². The number of benzene rings is 1. The first kappa shape index (κ1) is 7.94. The number of para-hydroxylation sites is 1. The molecular weight excluding hydrogens is 188 g/mol. The van der Waals surface area contributed by atoms with Crippen molar-refractivity contribution in [3.63, 3.8) is 0 Å². The van der Waals surface area contributed by atoms with Crippen molar-refractivity contribution in [2.75, 3.05) is 0 Å². The van der Waals surface area contributed by atoms with Gasteiger partial charge in [-0.15, -0.1) is 0 Å². The molecule has 0 radical (unpaired) electrons. The van der Waals surface area contributed by atoms with Gasteiger partial charge in [-0.1, -0.05) is 29.9 Å². The van der Waals surface area contributed by atoms with Crippen LogP contribution in [-0.4, -0.2) is 9.12 Å². The third-order valence-corrected chi connectivity index (χ3v) is 3.85. The molecule has 0 N–H and O–H groups in total. The van der Waals surface area contributed by atoms with Crippen LogP contribution in [0.1, 0.15) is 10.7 Å². The average Bonchev–Trinajstić information content (AvgIpc) is 2.26. The van der Waals surface area contributed by atoms with Crippen molar-refractivity contribution in [1.29, 1.82) is 0 Å². The molecule has 0 unspecified atom stereocenters. The van der Waals surface area contributed by atoms with Crippen LogP contribution < -0.4 is 4.74 Å². The zero-order valence-electron chi connectivity index (χ0n) is 7.73. The topological polar surface area (TPSA) is 9.23 Å². The quantitative estimate of drug-likeness (QED) is 0.504. The molecule has 2 heteroatoms. The summed E-state index contributed by atoms with van der Waals surface area (Å²) >= 11 is 0. The smallest absolute Gasteiger partial charge is 0.130 e. The Morgan fingerprint density at radius 2 is 1.86 bits per heavy atom. The van der Waals surface area contributed by atoms with Gasteiger partial charge < -0.3 is 4.74 Å². The molecule has 14 heavy (non-hydrogen) atoms. The lowest BCUT2D eigenvalue weighted by atomic mass is 10.1. The van der Waals surface area contributed by atoms with Crippen LogP contribution in [0.5, 0.6) is 11.5 Å². The largest absolute Gasteiger partial charge is 0.457 e. The highest BCUT2D eigenvalue weighted by Crippen LogP contribution is 2.34. The van der Waals surface area contributed by atoms with Crippen LogP contribution in [0.15, 0.2) is 42.1 Å². The van der Waals surface area contributed by atoms with Crippen LogP contribution in [0.25, 0.3) is 0 Å². The highest BCUT2D eigenvalue weighted by Gasteiger charge is 2.14. The summed E-state index contributed by atoms with van der Waals surface area (Å²) in [6, 6.07) is 12.5. The molecule has 68 valence electrons. The maximum Gasteiger partial charge on any atom is 0.130 e. The molecule has 1 aromatic heterocycles. The Bertz CT molecular complexity index is 392. The molecule has 0 amide bonds. The van der Waals surface area contributed by atoms with Gasteiger partial charge in [0.25, 0.3) is 0 Å². The second-order valence-electron chi connectivity index (χ2n) is 3.49. The average molecular weight is 198 g/mol. The zero-order chi connectivity index (χ0) is 9.38. The lowest BCUT2D eigenvalue weighted by Gasteiger charge is -2.19.